The predicted molar refractivity (Wildman–Crippen MR) is 66.4 cm³/mol. The van der Waals surface area contributed by atoms with Crippen molar-refractivity contribution in [3.8, 4) is 0 Å². The van der Waals surface area contributed by atoms with Gasteiger partial charge < -0.3 is 10.6 Å². The lowest BCUT2D eigenvalue weighted by molar-refractivity contribution is -0.121. The van der Waals surface area contributed by atoms with Crippen LogP contribution in [0.5, 0.6) is 0 Å². The molecule has 0 unspecified atom stereocenters. The molecular formula is C12H18N2OS. The van der Waals surface area contributed by atoms with Gasteiger partial charge in [0.15, 0.2) is 0 Å². The number of amides is 1. The molecule has 3 nitrogen and oxygen atoms in total. The molecule has 0 saturated heterocycles. The minimum absolute atomic E-state index is 0.209. The molecule has 1 heterocycles. The molecule has 88 valence electrons. The van der Waals surface area contributed by atoms with Crippen molar-refractivity contribution in [3.63, 3.8) is 0 Å². The third kappa shape index (κ3) is 4.33. The molecule has 0 spiro atoms. The number of carbonyl (C=O) groups excluding carboxylic acids is 1. The zero-order valence-corrected chi connectivity index (χ0v) is 10.2. The van der Waals surface area contributed by atoms with Gasteiger partial charge in [-0.3, -0.25) is 4.79 Å². The minimum Gasteiger partial charge on any atom is -0.353 e. The van der Waals surface area contributed by atoms with Gasteiger partial charge in [-0.05, 0) is 37.3 Å². The highest BCUT2D eigenvalue weighted by Crippen LogP contribution is 2.18. The van der Waals surface area contributed by atoms with Crippen LogP contribution in [0.25, 0.3) is 0 Å². The number of rotatable bonds is 7. The van der Waals surface area contributed by atoms with E-state index >= 15 is 0 Å². The Morgan fingerprint density at radius 1 is 1.50 bits per heavy atom. The van der Waals surface area contributed by atoms with Crippen LogP contribution < -0.4 is 10.6 Å². The minimum atomic E-state index is 0.209. The van der Waals surface area contributed by atoms with Crippen molar-refractivity contribution in [1.29, 1.82) is 0 Å². The number of thiophene rings is 1. The molecule has 2 N–H and O–H groups in total. The SMILES string of the molecule is O=C(CCCNCc1cccs1)NC1CC1. The topological polar surface area (TPSA) is 41.1 Å². The fraction of sp³-hybridized carbons (Fsp3) is 0.583. The van der Waals surface area contributed by atoms with E-state index in [1.54, 1.807) is 11.3 Å². The zero-order chi connectivity index (χ0) is 11.2. The van der Waals surface area contributed by atoms with Crippen molar-refractivity contribution in [3.05, 3.63) is 22.4 Å². The predicted octanol–water partition coefficient (Wildman–Crippen LogP) is 1.90. The highest BCUT2D eigenvalue weighted by atomic mass is 32.1. The second-order valence-electron chi connectivity index (χ2n) is 4.20. The largest absolute Gasteiger partial charge is 0.353 e. The first-order valence-corrected chi connectivity index (χ1v) is 6.75. The molecule has 1 saturated carbocycles. The molecule has 0 radical (unpaired) electrons. The lowest BCUT2D eigenvalue weighted by atomic mass is 10.3. The molecule has 1 aromatic rings. The van der Waals surface area contributed by atoms with Crippen molar-refractivity contribution < 1.29 is 4.79 Å². The van der Waals surface area contributed by atoms with E-state index in [4.69, 9.17) is 0 Å². The van der Waals surface area contributed by atoms with Crippen LogP contribution in [0.2, 0.25) is 0 Å². The molecule has 0 aliphatic heterocycles. The Labute approximate surface area is 100 Å². The number of hydrogen-bond acceptors (Lipinski definition) is 3. The van der Waals surface area contributed by atoms with Crippen molar-refractivity contribution in [2.75, 3.05) is 6.54 Å². The Kier molecular flexibility index (Phi) is 4.36. The molecule has 0 aromatic carbocycles. The van der Waals surface area contributed by atoms with Gasteiger partial charge in [-0.25, -0.2) is 0 Å². The van der Waals surface area contributed by atoms with E-state index in [0.29, 0.717) is 12.5 Å². The van der Waals surface area contributed by atoms with Crippen molar-refractivity contribution >= 4 is 17.2 Å². The lowest BCUT2D eigenvalue weighted by Crippen LogP contribution is -2.26. The van der Waals surface area contributed by atoms with Gasteiger partial charge in [0.2, 0.25) is 5.91 Å². The summed E-state index contributed by atoms with van der Waals surface area (Å²) >= 11 is 1.76. The highest BCUT2D eigenvalue weighted by Gasteiger charge is 2.22. The zero-order valence-electron chi connectivity index (χ0n) is 9.37. The summed E-state index contributed by atoms with van der Waals surface area (Å²) in [6, 6.07) is 4.67. The van der Waals surface area contributed by atoms with E-state index in [2.05, 4.69) is 28.1 Å². The number of nitrogens with one attached hydrogen (secondary N) is 2. The second kappa shape index (κ2) is 6.01. The van der Waals surface area contributed by atoms with E-state index in [1.807, 2.05) is 0 Å². The normalized spacial score (nSPS) is 15.0. The van der Waals surface area contributed by atoms with Crippen molar-refractivity contribution in [2.24, 2.45) is 0 Å². The Balaban J connectivity index is 1.46. The average Bonchev–Trinajstić information content (AvgIpc) is 2.93. The highest BCUT2D eigenvalue weighted by molar-refractivity contribution is 7.09. The Bertz CT molecular complexity index is 320. The molecule has 1 aliphatic rings. The monoisotopic (exact) mass is 238 g/mol. The van der Waals surface area contributed by atoms with Crippen LogP contribution in [-0.4, -0.2) is 18.5 Å². The van der Waals surface area contributed by atoms with E-state index in [1.165, 1.54) is 17.7 Å². The van der Waals surface area contributed by atoms with Gasteiger partial charge >= 0.3 is 0 Å². The second-order valence-corrected chi connectivity index (χ2v) is 5.23. The maximum absolute atomic E-state index is 11.3. The smallest absolute Gasteiger partial charge is 0.220 e. The molecule has 1 fully saturated rings. The summed E-state index contributed by atoms with van der Waals surface area (Å²) in [5, 5.41) is 8.42. The average molecular weight is 238 g/mol. The molecule has 16 heavy (non-hydrogen) atoms. The first-order chi connectivity index (χ1) is 7.84. The summed E-state index contributed by atoms with van der Waals surface area (Å²) < 4.78 is 0. The quantitative estimate of drug-likeness (QED) is 0.712. The number of carbonyl (C=O) groups is 1. The molecule has 0 atom stereocenters. The van der Waals surface area contributed by atoms with Crippen molar-refractivity contribution in [2.45, 2.75) is 38.3 Å². The van der Waals surface area contributed by atoms with Crippen LogP contribution in [0.3, 0.4) is 0 Å². The standard InChI is InChI=1S/C12H18N2OS/c15-12(14-10-5-6-10)4-1-7-13-9-11-3-2-8-16-11/h2-3,8,10,13H,1,4-7,9H2,(H,14,15). The Morgan fingerprint density at radius 2 is 2.38 bits per heavy atom. The molecule has 1 aromatic heterocycles. The van der Waals surface area contributed by atoms with Gasteiger partial charge in [0, 0.05) is 23.9 Å². The van der Waals surface area contributed by atoms with Gasteiger partial charge in [-0.2, -0.15) is 0 Å². The summed E-state index contributed by atoms with van der Waals surface area (Å²) in [5.74, 6) is 0.209. The summed E-state index contributed by atoms with van der Waals surface area (Å²) in [7, 11) is 0. The third-order valence-corrected chi connectivity index (χ3v) is 3.46. The fourth-order valence-electron chi connectivity index (χ4n) is 1.53. The first-order valence-electron chi connectivity index (χ1n) is 5.87. The Hall–Kier alpha value is -0.870. The molecule has 1 amide bonds. The maximum Gasteiger partial charge on any atom is 0.220 e. The van der Waals surface area contributed by atoms with Crippen LogP contribution >= 0.6 is 11.3 Å². The van der Waals surface area contributed by atoms with Crippen LogP contribution in [0.1, 0.15) is 30.6 Å². The van der Waals surface area contributed by atoms with Crippen LogP contribution in [0.4, 0.5) is 0 Å². The first kappa shape index (κ1) is 11.6. The third-order valence-electron chi connectivity index (χ3n) is 2.58. The van der Waals surface area contributed by atoms with Gasteiger partial charge in [0.1, 0.15) is 0 Å². The molecule has 4 heteroatoms. The van der Waals surface area contributed by atoms with Gasteiger partial charge in [0.25, 0.3) is 0 Å². The number of hydrogen-bond donors (Lipinski definition) is 2. The van der Waals surface area contributed by atoms with Gasteiger partial charge in [-0.1, -0.05) is 6.07 Å². The van der Waals surface area contributed by atoms with Crippen LogP contribution in [0, 0.1) is 0 Å². The summed E-state index contributed by atoms with van der Waals surface area (Å²) in [5.41, 5.74) is 0. The van der Waals surface area contributed by atoms with Crippen LogP contribution in [0.15, 0.2) is 17.5 Å². The summed E-state index contributed by atoms with van der Waals surface area (Å²) in [6.45, 7) is 1.83. The van der Waals surface area contributed by atoms with E-state index < -0.39 is 0 Å². The lowest BCUT2D eigenvalue weighted by Gasteiger charge is -2.04. The van der Waals surface area contributed by atoms with E-state index in [9.17, 15) is 4.79 Å². The van der Waals surface area contributed by atoms with Gasteiger partial charge in [-0.15, -0.1) is 11.3 Å². The Morgan fingerprint density at radius 3 is 3.06 bits per heavy atom. The summed E-state index contributed by atoms with van der Waals surface area (Å²) in [4.78, 5) is 12.7. The fourth-order valence-corrected chi connectivity index (χ4v) is 2.20. The van der Waals surface area contributed by atoms with Crippen molar-refractivity contribution in [1.82, 2.24) is 10.6 Å². The van der Waals surface area contributed by atoms with Crippen LogP contribution in [-0.2, 0) is 11.3 Å². The molecule has 0 bridgehead atoms. The van der Waals surface area contributed by atoms with E-state index in [0.717, 1.165) is 19.5 Å². The molecule has 1 aliphatic carbocycles. The molecule has 2 rings (SSSR count). The van der Waals surface area contributed by atoms with Gasteiger partial charge in [0.05, 0.1) is 0 Å². The summed E-state index contributed by atoms with van der Waals surface area (Å²) in [6.07, 6.45) is 3.91. The van der Waals surface area contributed by atoms with E-state index in [-0.39, 0.29) is 5.91 Å². The molecular weight excluding hydrogens is 220 g/mol. The maximum atomic E-state index is 11.3.